The third-order valence-electron chi connectivity index (χ3n) is 4.54. The van der Waals surface area contributed by atoms with Crippen molar-refractivity contribution in [3.8, 4) is 0 Å². The molecule has 2 aliphatic rings. The summed E-state index contributed by atoms with van der Waals surface area (Å²) in [6.45, 7) is 2.44. The molecule has 2 aliphatic heterocycles. The number of methoxy groups -OCH3 is 1. The van der Waals surface area contributed by atoms with E-state index in [1.165, 1.54) is 4.88 Å². The smallest absolute Gasteiger partial charge is 0.228 e. The van der Waals surface area contributed by atoms with Gasteiger partial charge in [0.25, 0.3) is 0 Å². The summed E-state index contributed by atoms with van der Waals surface area (Å²) in [5.41, 5.74) is 0. The Bertz CT molecular complexity index is 532. The van der Waals surface area contributed by atoms with Gasteiger partial charge in [-0.05, 0) is 24.3 Å². The molecule has 2 amide bonds. The van der Waals surface area contributed by atoms with Gasteiger partial charge in [0.05, 0.1) is 18.6 Å². The largest absolute Gasteiger partial charge is 0.383 e. The Hall–Kier alpha value is -1.40. The molecular formula is C16H22N2O3S. The molecule has 1 aromatic heterocycles. The van der Waals surface area contributed by atoms with E-state index in [0.717, 1.165) is 19.4 Å². The Balaban J connectivity index is 1.65. The molecule has 3 rings (SSSR count). The summed E-state index contributed by atoms with van der Waals surface area (Å²) in [7, 11) is 1.62. The number of likely N-dealkylation sites (tertiary alicyclic amines) is 2. The summed E-state index contributed by atoms with van der Waals surface area (Å²) in [4.78, 5) is 29.9. The number of rotatable bonds is 5. The molecule has 0 spiro atoms. The maximum atomic E-state index is 12.8. The predicted molar refractivity (Wildman–Crippen MR) is 84.6 cm³/mol. The van der Waals surface area contributed by atoms with Gasteiger partial charge in [-0.1, -0.05) is 6.07 Å². The van der Waals surface area contributed by atoms with Crippen LogP contribution in [0.1, 0.15) is 30.2 Å². The molecule has 0 aromatic carbocycles. The van der Waals surface area contributed by atoms with E-state index < -0.39 is 0 Å². The molecule has 1 aromatic rings. The SMILES string of the molecule is COCCN1C[C@@H](C(=O)N2CCC[C@H]2c2cccs2)CC1=O. The summed E-state index contributed by atoms with van der Waals surface area (Å²) in [6.07, 6.45) is 2.42. The molecule has 6 heteroatoms. The van der Waals surface area contributed by atoms with Crippen molar-refractivity contribution in [1.82, 2.24) is 9.80 Å². The van der Waals surface area contributed by atoms with Crippen LogP contribution >= 0.6 is 11.3 Å². The summed E-state index contributed by atoms with van der Waals surface area (Å²) < 4.78 is 5.03. The number of hydrogen-bond donors (Lipinski definition) is 0. The van der Waals surface area contributed by atoms with E-state index in [-0.39, 0.29) is 23.8 Å². The van der Waals surface area contributed by atoms with Crippen molar-refractivity contribution in [2.45, 2.75) is 25.3 Å². The number of ether oxygens (including phenoxy) is 1. The zero-order chi connectivity index (χ0) is 15.5. The van der Waals surface area contributed by atoms with Crippen molar-refractivity contribution in [1.29, 1.82) is 0 Å². The van der Waals surface area contributed by atoms with Crippen LogP contribution in [0.2, 0.25) is 0 Å². The van der Waals surface area contributed by atoms with Crippen LogP contribution < -0.4 is 0 Å². The van der Waals surface area contributed by atoms with Crippen LogP contribution in [0.25, 0.3) is 0 Å². The van der Waals surface area contributed by atoms with Gasteiger partial charge in [0.15, 0.2) is 0 Å². The van der Waals surface area contributed by atoms with Crippen molar-refractivity contribution < 1.29 is 14.3 Å². The normalized spacial score (nSPS) is 25.2. The Morgan fingerprint density at radius 1 is 1.50 bits per heavy atom. The van der Waals surface area contributed by atoms with Crippen LogP contribution in [0.3, 0.4) is 0 Å². The van der Waals surface area contributed by atoms with Gasteiger partial charge in [0.2, 0.25) is 11.8 Å². The lowest BCUT2D eigenvalue weighted by Crippen LogP contribution is -2.37. The second-order valence-electron chi connectivity index (χ2n) is 5.94. The molecule has 0 unspecified atom stereocenters. The minimum atomic E-state index is -0.190. The fourth-order valence-corrected chi connectivity index (χ4v) is 4.27. The van der Waals surface area contributed by atoms with Crippen LogP contribution in [-0.2, 0) is 14.3 Å². The first kappa shape index (κ1) is 15.5. The molecule has 0 aliphatic carbocycles. The molecule has 2 saturated heterocycles. The monoisotopic (exact) mass is 322 g/mol. The maximum absolute atomic E-state index is 12.8. The van der Waals surface area contributed by atoms with E-state index in [9.17, 15) is 9.59 Å². The van der Waals surface area contributed by atoms with E-state index in [0.29, 0.717) is 26.1 Å². The standard InChI is InChI=1S/C16H22N2O3S/c1-21-8-7-17-11-12(10-15(17)19)16(20)18-6-2-4-13(18)14-5-3-9-22-14/h3,5,9,12-13H,2,4,6-8,10-11H2,1H3/t12-,13-/m0/s1. The molecular weight excluding hydrogens is 300 g/mol. The highest BCUT2D eigenvalue weighted by molar-refractivity contribution is 7.10. The Labute approximate surface area is 134 Å². The average Bonchev–Trinajstić information content (AvgIpc) is 3.24. The van der Waals surface area contributed by atoms with Gasteiger partial charge in [-0.2, -0.15) is 0 Å². The Morgan fingerprint density at radius 2 is 2.36 bits per heavy atom. The summed E-state index contributed by atoms with van der Waals surface area (Å²) >= 11 is 1.71. The second kappa shape index (κ2) is 6.79. The van der Waals surface area contributed by atoms with E-state index in [4.69, 9.17) is 4.74 Å². The number of thiophene rings is 1. The minimum Gasteiger partial charge on any atom is -0.383 e. The van der Waals surface area contributed by atoms with Crippen molar-refractivity contribution in [2.24, 2.45) is 5.92 Å². The molecule has 5 nitrogen and oxygen atoms in total. The average molecular weight is 322 g/mol. The van der Waals surface area contributed by atoms with Gasteiger partial charge in [-0.3, -0.25) is 9.59 Å². The lowest BCUT2D eigenvalue weighted by molar-refractivity contribution is -0.136. The van der Waals surface area contributed by atoms with Gasteiger partial charge in [-0.25, -0.2) is 0 Å². The quantitative estimate of drug-likeness (QED) is 0.832. The molecule has 0 saturated carbocycles. The predicted octanol–water partition coefficient (Wildman–Crippen LogP) is 1.91. The fourth-order valence-electron chi connectivity index (χ4n) is 3.40. The first-order valence-corrected chi connectivity index (χ1v) is 8.69. The molecule has 3 heterocycles. The summed E-state index contributed by atoms with van der Waals surface area (Å²) in [6, 6.07) is 4.34. The van der Waals surface area contributed by atoms with E-state index >= 15 is 0 Å². The van der Waals surface area contributed by atoms with Crippen LogP contribution in [-0.4, -0.2) is 55.0 Å². The van der Waals surface area contributed by atoms with Crippen LogP contribution in [0, 0.1) is 5.92 Å². The van der Waals surface area contributed by atoms with Crippen molar-refractivity contribution in [3.05, 3.63) is 22.4 Å². The number of carbonyl (C=O) groups is 2. The van der Waals surface area contributed by atoms with Gasteiger partial charge in [-0.15, -0.1) is 11.3 Å². The van der Waals surface area contributed by atoms with Crippen molar-refractivity contribution >= 4 is 23.2 Å². The second-order valence-corrected chi connectivity index (χ2v) is 6.92. The molecule has 22 heavy (non-hydrogen) atoms. The summed E-state index contributed by atoms with van der Waals surface area (Å²) in [5, 5.41) is 2.06. The van der Waals surface area contributed by atoms with Gasteiger partial charge in [0, 0.05) is 38.0 Å². The topological polar surface area (TPSA) is 49.9 Å². The van der Waals surface area contributed by atoms with Crippen molar-refractivity contribution in [2.75, 3.05) is 33.4 Å². The van der Waals surface area contributed by atoms with Crippen molar-refractivity contribution in [3.63, 3.8) is 0 Å². The highest BCUT2D eigenvalue weighted by Gasteiger charge is 2.40. The lowest BCUT2D eigenvalue weighted by Gasteiger charge is -2.26. The van der Waals surface area contributed by atoms with Crippen LogP contribution in [0.5, 0.6) is 0 Å². The van der Waals surface area contributed by atoms with Crippen LogP contribution in [0.15, 0.2) is 17.5 Å². The zero-order valence-corrected chi connectivity index (χ0v) is 13.7. The van der Waals surface area contributed by atoms with Gasteiger partial charge in [0.1, 0.15) is 0 Å². The first-order chi connectivity index (χ1) is 10.7. The number of carbonyl (C=O) groups excluding carboxylic acids is 2. The number of nitrogens with zero attached hydrogens (tertiary/aromatic N) is 2. The first-order valence-electron chi connectivity index (χ1n) is 7.81. The molecule has 120 valence electrons. The number of amides is 2. The molecule has 2 atom stereocenters. The van der Waals surface area contributed by atoms with E-state index in [1.54, 1.807) is 23.3 Å². The van der Waals surface area contributed by atoms with E-state index in [2.05, 4.69) is 11.4 Å². The maximum Gasteiger partial charge on any atom is 0.228 e. The minimum absolute atomic E-state index is 0.0715. The third-order valence-corrected chi connectivity index (χ3v) is 5.51. The lowest BCUT2D eigenvalue weighted by atomic mass is 10.1. The molecule has 0 radical (unpaired) electrons. The zero-order valence-electron chi connectivity index (χ0n) is 12.9. The van der Waals surface area contributed by atoms with Gasteiger partial charge < -0.3 is 14.5 Å². The molecule has 0 bridgehead atoms. The Morgan fingerprint density at radius 3 is 3.09 bits per heavy atom. The Kier molecular flexibility index (Phi) is 4.78. The molecule has 0 N–H and O–H groups in total. The van der Waals surface area contributed by atoms with E-state index in [1.807, 2.05) is 11.0 Å². The highest BCUT2D eigenvalue weighted by Crippen LogP contribution is 2.36. The third kappa shape index (κ3) is 3.03. The summed E-state index contributed by atoms with van der Waals surface area (Å²) in [5.74, 6) is 0.0244. The highest BCUT2D eigenvalue weighted by atomic mass is 32.1. The molecule has 2 fully saturated rings. The van der Waals surface area contributed by atoms with Gasteiger partial charge >= 0.3 is 0 Å². The van der Waals surface area contributed by atoms with Crippen LogP contribution in [0.4, 0.5) is 0 Å². The fraction of sp³-hybridized carbons (Fsp3) is 0.625. The number of hydrogen-bond acceptors (Lipinski definition) is 4.